The largest absolute Gasteiger partial charge is 0.346 e. The van der Waals surface area contributed by atoms with Crippen LogP contribution >= 0.6 is 0 Å². The van der Waals surface area contributed by atoms with Crippen LogP contribution in [0.1, 0.15) is 29.3 Å². The van der Waals surface area contributed by atoms with E-state index in [9.17, 15) is 17.6 Å². The lowest BCUT2D eigenvalue weighted by Crippen LogP contribution is -2.46. The van der Waals surface area contributed by atoms with Crippen LogP contribution in [0.25, 0.3) is 27.8 Å². The average Bonchev–Trinajstić information content (AvgIpc) is 3.30. The van der Waals surface area contributed by atoms with Crippen molar-refractivity contribution in [2.45, 2.75) is 25.8 Å². The van der Waals surface area contributed by atoms with Gasteiger partial charge in [0.05, 0.1) is 33.6 Å². The van der Waals surface area contributed by atoms with Gasteiger partial charge in [0, 0.05) is 23.6 Å². The van der Waals surface area contributed by atoms with Crippen LogP contribution in [0.15, 0.2) is 67.0 Å². The fraction of sp³-hybridized carbons (Fsp3) is 0.231. The van der Waals surface area contributed by atoms with Crippen molar-refractivity contribution < 1.29 is 17.6 Å². The topological polar surface area (TPSA) is 81.1 Å². The number of sulfone groups is 1. The van der Waals surface area contributed by atoms with Crippen molar-refractivity contribution in [1.29, 1.82) is 0 Å². The number of pyridine rings is 1. The van der Waals surface area contributed by atoms with Gasteiger partial charge in [-0.15, -0.1) is 0 Å². The Kier molecular flexibility index (Phi) is 5.28. The van der Waals surface area contributed by atoms with E-state index in [1.165, 1.54) is 18.3 Å². The monoisotopic (exact) mass is 477 g/mol. The third-order valence-electron chi connectivity index (χ3n) is 6.36. The van der Waals surface area contributed by atoms with E-state index in [0.29, 0.717) is 23.0 Å². The fourth-order valence-corrected chi connectivity index (χ4v) is 6.66. The summed E-state index contributed by atoms with van der Waals surface area (Å²) >= 11 is 0. The predicted molar refractivity (Wildman–Crippen MR) is 130 cm³/mol. The van der Waals surface area contributed by atoms with Gasteiger partial charge in [-0.2, -0.15) is 0 Å². The molecule has 0 spiro atoms. The van der Waals surface area contributed by atoms with Crippen molar-refractivity contribution >= 4 is 26.8 Å². The van der Waals surface area contributed by atoms with Crippen molar-refractivity contribution in [3.05, 3.63) is 83.9 Å². The Morgan fingerprint density at radius 2 is 1.85 bits per heavy atom. The van der Waals surface area contributed by atoms with Gasteiger partial charge in [0.25, 0.3) is 5.91 Å². The van der Waals surface area contributed by atoms with Crippen molar-refractivity contribution in [2.24, 2.45) is 0 Å². The Morgan fingerprint density at radius 1 is 1.12 bits per heavy atom. The molecule has 0 aliphatic carbocycles. The molecule has 8 heteroatoms. The van der Waals surface area contributed by atoms with Gasteiger partial charge in [-0.3, -0.25) is 9.78 Å². The summed E-state index contributed by atoms with van der Waals surface area (Å²) in [5.74, 6) is -0.727. The van der Waals surface area contributed by atoms with E-state index in [0.717, 1.165) is 22.4 Å². The van der Waals surface area contributed by atoms with E-state index < -0.39 is 15.4 Å². The molecule has 0 unspecified atom stereocenters. The number of fused-ring (bicyclic) bond motifs is 1. The Balaban J connectivity index is 1.62. The Bertz CT molecular complexity index is 1530. The first-order valence-corrected chi connectivity index (χ1v) is 12.8. The second kappa shape index (κ2) is 8.06. The van der Waals surface area contributed by atoms with Gasteiger partial charge in [-0.25, -0.2) is 12.8 Å². The molecule has 4 aromatic rings. The maximum atomic E-state index is 13.6. The first-order valence-electron chi connectivity index (χ1n) is 11.0. The molecule has 0 bridgehead atoms. The number of benzene rings is 2. The number of nitrogens with one attached hydrogen (secondary N) is 1. The van der Waals surface area contributed by atoms with E-state index in [1.807, 2.05) is 42.0 Å². The molecule has 3 heterocycles. The van der Waals surface area contributed by atoms with E-state index in [1.54, 1.807) is 25.1 Å². The van der Waals surface area contributed by atoms with Crippen LogP contribution in [0.2, 0.25) is 0 Å². The van der Waals surface area contributed by atoms with Crippen molar-refractivity contribution in [3.8, 4) is 16.8 Å². The summed E-state index contributed by atoms with van der Waals surface area (Å²) in [6.07, 6.45) is 3.83. The zero-order valence-electron chi connectivity index (χ0n) is 18.9. The molecule has 1 N–H and O–H groups in total. The molecular weight excluding hydrogens is 453 g/mol. The number of carbonyl (C=O) groups is 1. The Morgan fingerprint density at radius 3 is 2.53 bits per heavy atom. The maximum Gasteiger partial charge on any atom is 0.253 e. The van der Waals surface area contributed by atoms with Crippen molar-refractivity contribution in [1.82, 2.24) is 14.9 Å². The van der Waals surface area contributed by atoms with Crippen LogP contribution < -0.4 is 5.32 Å². The predicted octanol–water partition coefficient (Wildman–Crippen LogP) is 4.45. The van der Waals surface area contributed by atoms with Crippen molar-refractivity contribution in [2.75, 3.05) is 11.5 Å². The molecule has 2 aromatic heterocycles. The molecule has 5 rings (SSSR count). The zero-order chi connectivity index (χ0) is 24.1. The molecule has 2 aromatic carbocycles. The fourth-order valence-electron chi connectivity index (χ4n) is 4.57. The summed E-state index contributed by atoms with van der Waals surface area (Å²) in [5.41, 5.74) is 4.66. The number of carbonyl (C=O) groups excluding carboxylic acids is 1. The third-order valence-corrected chi connectivity index (χ3v) is 8.26. The van der Waals surface area contributed by atoms with Crippen LogP contribution in [0.5, 0.6) is 0 Å². The first-order chi connectivity index (χ1) is 16.1. The number of halogens is 1. The van der Waals surface area contributed by atoms with E-state index in [2.05, 4.69) is 10.3 Å². The van der Waals surface area contributed by atoms with Crippen LogP contribution in [0, 0.1) is 12.7 Å². The lowest BCUT2D eigenvalue weighted by atomic mass is 10.0. The standard InChI is InChI=1S/C26H24FN3O3S/c1-17-5-3-4-6-21(17)22-15-30(20-9-7-19(27)8-10-20)23-13-18(14-28-24(22)23)25(31)29-26(2)11-12-34(32,33)16-26/h3-10,13-15H,11-12,16H2,1-2H3,(H,29,31)/t26-/m1/s1. The van der Waals surface area contributed by atoms with E-state index in [4.69, 9.17) is 0 Å². The van der Waals surface area contributed by atoms with E-state index >= 15 is 0 Å². The minimum absolute atomic E-state index is 0.0638. The highest BCUT2D eigenvalue weighted by atomic mass is 32.2. The van der Waals surface area contributed by atoms with Gasteiger partial charge in [-0.1, -0.05) is 24.3 Å². The van der Waals surface area contributed by atoms with Gasteiger partial charge in [0.15, 0.2) is 9.84 Å². The summed E-state index contributed by atoms with van der Waals surface area (Å²) in [5, 5.41) is 2.89. The summed E-state index contributed by atoms with van der Waals surface area (Å²) < 4.78 is 39.3. The molecule has 34 heavy (non-hydrogen) atoms. The number of aromatic nitrogens is 2. The molecule has 6 nitrogen and oxygen atoms in total. The second-order valence-electron chi connectivity index (χ2n) is 9.15. The number of rotatable bonds is 4. The molecule has 1 aliphatic heterocycles. The molecule has 0 saturated carbocycles. The number of hydrogen-bond donors (Lipinski definition) is 1. The van der Waals surface area contributed by atoms with E-state index in [-0.39, 0.29) is 23.2 Å². The zero-order valence-corrected chi connectivity index (χ0v) is 19.7. The highest BCUT2D eigenvalue weighted by molar-refractivity contribution is 7.91. The number of hydrogen-bond acceptors (Lipinski definition) is 4. The van der Waals surface area contributed by atoms with Gasteiger partial charge in [-0.05, 0) is 61.7 Å². The Hall–Kier alpha value is -3.52. The molecule has 174 valence electrons. The third kappa shape index (κ3) is 4.09. The highest BCUT2D eigenvalue weighted by Crippen LogP contribution is 2.34. The van der Waals surface area contributed by atoms with Crippen LogP contribution in [0.4, 0.5) is 4.39 Å². The normalized spacial score (nSPS) is 19.4. The SMILES string of the molecule is Cc1ccccc1-c1cn(-c2ccc(F)cc2)c2cc(C(=O)N[C@]3(C)CCS(=O)(=O)C3)cnc12. The highest BCUT2D eigenvalue weighted by Gasteiger charge is 2.39. The van der Waals surface area contributed by atoms with Crippen LogP contribution in [0.3, 0.4) is 0 Å². The minimum atomic E-state index is -3.16. The molecule has 1 saturated heterocycles. The maximum absolute atomic E-state index is 13.6. The summed E-state index contributed by atoms with van der Waals surface area (Å²) in [4.78, 5) is 17.7. The quantitative estimate of drug-likeness (QED) is 0.471. The van der Waals surface area contributed by atoms with Gasteiger partial charge in [0.2, 0.25) is 0 Å². The van der Waals surface area contributed by atoms with Gasteiger partial charge >= 0.3 is 0 Å². The van der Waals surface area contributed by atoms with Gasteiger partial charge in [0.1, 0.15) is 5.82 Å². The Labute approximate surface area is 197 Å². The molecule has 1 atom stereocenters. The molecule has 1 amide bonds. The second-order valence-corrected chi connectivity index (χ2v) is 11.3. The summed E-state index contributed by atoms with van der Waals surface area (Å²) in [7, 11) is -3.16. The van der Waals surface area contributed by atoms with Gasteiger partial charge < -0.3 is 9.88 Å². The summed E-state index contributed by atoms with van der Waals surface area (Å²) in [6, 6.07) is 15.8. The molecule has 0 radical (unpaired) electrons. The van der Waals surface area contributed by atoms with Crippen LogP contribution in [-0.4, -0.2) is 40.9 Å². The lowest BCUT2D eigenvalue weighted by Gasteiger charge is -2.23. The molecule has 1 fully saturated rings. The molecule has 1 aliphatic rings. The lowest BCUT2D eigenvalue weighted by molar-refractivity contribution is 0.0915. The molecular formula is C26H24FN3O3S. The van der Waals surface area contributed by atoms with Crippen molar-refractivity contribution in [3.63, 3.8) is 0 Å². The number of nitrogens with zero attached hydrogens (tertiary/aromatic N) is 2. The number of aryl methyl sites for hydroxylation is 1. The first kappa shape index (κ1) is 22.3. The smallest absolute Gasteiger partial charge is 0.253 e. The average molecular weight is 478 g/mol. The summed E-state index contributed by atoms with van der Waals surface area (Å²) in [6.45, 7) is 3.77. The van der Waals surface area contributed by atoms with Crippen LogP contribution in [-0.2, 0) is 9.84 Å². The minimum Gasteiger partial charge on any atom is -0.346 e. The number of amides is 1.